The summed E-state index contributed by atoms with van der Waals surface area (Å²) in [6, 6.07) is 12.1. The van der Waals surface area contributed by atoms with E-state index in [0.29, 0.717) is 23.3 Å². The lowest BCUT2D eigenvalue weighted by Gasteiger charge is -2.30. The van der Waals surface area contributed by atoms with Crippen LogP contribution in [0.1, 0.15) is 46.5 Å². The normalized spacial score (nSPS) is 27.0. The Hall–Kier alpha value is -3.66. The minimum atomic E-state index is -0.801. The molecule has 0 spiro atoms. The number of methoxy groups -OCH3 is 2. The largest absolute Gasteiger partial charge is 0.497 e. The van der Waals surface area contributed by atoms with Gasteiger partial charge in [0, 0.05) is 13.2 Å². The van der Waals surface area contributed by atoms with Crippen molar-refractivity contribution in [1.29, 1.82) is 0 Å². The second-order valence-corrected chi connectivity index (χ2v) is 9.99. The van der Waals surface area contributed by atoms with Gasteiger partial charge in [-0.2, -0.15) is 0 Å². The predicted octanol–water partition coefficient (Wildman–Crippen LogP) is 4.35. The van der Waals surface area contributed by atoms with E-state index in [4.69, 9.17) is 33.2 Å². The Morgan fingerprint density at radius 1 is 1.10 bits per heavy atom. The molecule has 206 valence electrons. The quantitative estimate of drug-likeness (QED) is 0.231. The molecule has 2 aromatic carbocycles. The summed E-state index contributed by atoms with van der Waals surface area (Å²) in [5, 5.41) is 0. The van der Waals surface area contributed by atoms with Crippen LogP contribution in [0.2, 0.25) is 0 Å². The van der Waals surface area contributed by atoms with E-state index in [1.165, 1.54) is 14.2 Å². The third-order valence-corrected chi connectivity index (χ3v) is 7.17. The zero-order chi connectivity index (χ0) is 27.6. The highest BCUT2D eigenvalue weighted by Crippen LogP contribution is 2.58. The van der Waals surface area contributed by atoms with Crippen LogP contribution in [-0.2, 0) is 23.7 Å². The van der Waals surface area contributed by atoms with Gasteiger partial charge < -0.3 is 33.2 Å². The minimum Gasteiger partial charge on any atom is -0.497 e. The molecule has 9 nitrogen and oxygen atoms in total. The lowest BCUT2D eigenvalue weighted by atomic mass is 9.87. The first-order chi connectivity index (χ1) is 18.8. The van der Waals surface area contributed by atoms with Crippen molar-refractivity contribution >= 4 is 18.0 Å². The van der Waals surface area contributed by atoms with E-state index in [1.54, 1.807) is 48.6 Å². The van der Waals surface area contributed by atoms with Gasteiger partial charge in [-0.1, -0.05) is 30.4 Å². The molecule has 2 aromatic rings. The van der Waals surface area contributed by atoms with E-state index in [0.717, 1.165) is 0 Å². The molecule has 2 saturated heterocycles. The maximum atomic E-state index is 13.2. The van der Waals surface area contributed by atoms with Crippen LogP contribution in [0.5, 0.6) is 11.5 Å². The molecule has 9 heteroatoms. The van der Waals surface area contributed by atoms with Crippen LogP contribution in [0.25, 0.3) is 6.08 Å². The maximum Gasteiger partial charge on any atom is 0.342 e. The van der Waals surface area contributed by atoms with Crippen molar-refractivity contribution in [2.24, 2.45) is 0 Å². The zero-order valence-corrected chi connectivity index (χ0v) is 22.4. The predicted molar refractivity (Wildman–Crippen MR) is 141 cm³/mol. The fraction of sp³-hybridized carbons (Fsp3) is 0.400. The van der Waals surface area contributed by atoms with Gasteiger partial charge in [0.25, 0.3) is 0 Å². The van der Waals surface area contributed by atoms with Crippen LogP contribution >= 0.6 is 0 Å². The lowest BCUT2D eigenvalue weighted by molar-refractivity contribution is -0.126. The molecule has 0 saturated carbocycles. The first-order valence-corrected chi connectivity index (χ1v) is 12.8. The number of esters is 2. The Morgan fingerprint density at radius 2 is 1.90 bits per heavy atom. The summed E-state index contributed by atoms with van der Waals surface area (Å²) < 4.78 is 40.4. The average Bonchev–Trinajstić information content (AvgIpc) is 3.64. The second kappa shape index (κ2) is 10.8. The highest BCUT2D eigenvalue weighted by Gasteiger charge is 2.75. The van der Waals surface area contributed by atoms with Crippen molar-refractivity contribution in [1.82, 2.24) is 0 Å². The maximum absolute atomic E-state index is 13.2. The summed E-state index contributed by atoms with van der Waals surface area (Å²) >= 11 is 0. The lowest BCUT2D eigenvalue weighted by Crippen LogP contribution is -2.39. The molecule has 0 aliphatic carbocycles. The summed E-state index contributed by atoms with van der Waals surface area (Å²) in [5.41, 5.74) is -0.324. The summed E-state index contributed by atoms with van der Waals surface area (Å²) in [4.78, 5) is 26.2. The van der Waals surface area contributed by atoms with E-state index in [2.05, 4.69) is 0 Å². The number of rotatable bonds is 6. The number of benzene rings is 2. The molecule has 5 rings (SSSR count). The molecule has 39 heavy (non-hydrogen) atoms. The zero-order valence-electron chi connectivity index (χ0n) is 22.4. The van der Waals surface area contributed by atoms with E-state index in [9.17, 15) is 9.59 Å². The topological polar surface area (TPSA) is 102 Å². The molecule has 3 aliphatic rings. The van der Waals surface area contributed by atoms with E-state index >= 15 is 0 Å². The van der Waals surface area contributed by atoms with E-state index in [1.807, 2.05) is 32.1 Å². The number of carbonyl (C=O) groups excluding carboxylic acids is 2. The fourth-order valence-electron chi connectivity index (χ4n) is 5.07. The Bertz CT molecular complexity index is 1280. The van der Waals surface area contributed by atoms with Gasteiger partial charge in [-0.15, -0.1) is 0 Å². The van der Waals surface area contributed by atoms with Gasteiger partial charge in [-0.25, -0.2) is 9.59 Å². The molecule has 3 aliphatic heterocycles. The van der Waals surface area contributed by atoms with Gasteiger partial charge in [0.05, 0.1) is 24.9 Å². The van der Waals surface area contributed by atoms with Crippen LogP contribution in [0, 0.1) is 0 Å². The Labute approximate surface area is 227 Å². The monoisotopic (exact) mass is 536 g/mol. The highest BCUT2D eigenvalue weighted by molar-refractivity contribution is 5.97. The molecule has 0 N–H and O–H groups in total. The number of cyclic esters (lactones) is 1. The van der Waals surface area contributed by atoms with Crippen LogP contribution < -0.4 is 9.47 Å². The summed E-state index contributed by atoms with van der Waals surface area (Å²) in [7, 11) is 3.03. The number of carbonyl (C=O) groups is 2. The SMILES string of the molecule is COCOc1cc(OC)cc2c1C(=O)OCCC=CC(OC(=O)c1ccccc1)C1OC(C)(C)C3(C=C2)O[C@H]13. The standard InChI is InChI=1S/C30H32O9/c1-29(2)30-14-13-20-16-21(34-4)17-23(36-18-33-3)24(20)28(32)35-15-9-8-12-22(25(38-29)26(30)39-30)37-27(31)19-10-6-5-7-11-19/h5-8,10-14,16-17,22,25-26H,9,15,18H2,1-4H3/t22?,25?,26-,30?/m1/s1. The molecule has 2 fully saturated rings. The summed E-state index contributed by atoms with van der Waals surface area (Å²) in [6.45, 7) is 3.92. The smallest absolute Gasteiger partial charge is 0.342 e. The van der Waals surface area contributed by atoms with Gasteiger partial charge >= 0.3 is 11.9 Å². The van der Waals surface area contributed by atoms with Crippen molar-refractivity contribution in [3.8, 4) is 11.5 Å². The van der Waals surface area contributed by atoms with Crippen molar-refractivity contribution in [3.05, 3.63) is 77.4 Å². The molecular weight excluding hydrogens is 504 g/mol. The minimum absolute atomic E-state index is 0.0555. The number of epoxide rings is 1. The van der Waals surface area contributed by atoms with Gasteiger partial charge in [0.15, 0.2) is 6.79 Å². The molecule has 3 heterocycles. The van der Waals surface area contributed by atoms with Gasteiger partial charge in [0.1, 0.15) is 41.0 Å². The van der Waals surface area contributed by atoms with Crippen molar-refractivity contribution in [2.45, 2.75) is 49.8 Å². The van der Waals surface area contributed by atoms with Crippen molar-refractivity contribution in [3.63, 3.8) is 0 Å². The van der Waals surface area contributed by atoms with E-state index < -0.39 is 35.3 Å². The van der Waals surface area contributed by atoms with Gasteiger partial charge in [-0.3, -0.25) is 0 Å². The average molecular weight is 537 g/mol. The molecule has 0 aromatic heterocycles. The van der Waals surface area contributed by atoms with Crippen LogP contribution in [0.3, 0.4) is 0 Å². The Morgan fingerprint density at radius 3 is 2.62 bits per heavy atom. The van der Waals surface area contributed by atoms with Crippen molar-refractivity contribution < 1.29 is 42.7 Å². The first kappa shape index (κ1) is 26.9. The third-order valence-electron chi connectivity index (χ3n) is 7.17. The summed E-state index contributed by atoms with van der Waals surface area (Å²) in [6.07, 6.45) is 6.04. The van der Waals surface area contributed by atoms with E-state index in [-0.39, 0.29) is 30.8 Å². The first-order valence-electron chi connectivity index (χ1n) is 12.8. The molecule has 3 unspecified atom stereocenters. The third kappa shape index (κ3) is 5.17. The molecule has 4 atom stereocenters. The molecule has 2 bridgehead atoms. The molecule has 0 radical (unpaired) electrons. The van der Waals surface area contributed by atoms with Gasteiger partial charge in [-0.05, 0) is 56.2 Å². The van der Waals surface area contributed by atoms with Crippen LogP contribution in [-0.4, -0.2) is 69.1 Å². The van der Waals surface area contributed by atoms with Crippen molar-refractivity contribution in [2.75, 3.05) is 27.6 Å². The number of fused-ring (bicyclic) bond motifs is 1. The fourth-order valence-corrected chi connectivity index (χ4v) is 5.07. The Balaban J connectivity index is 1.52. The number of ether oxygens (including phenoxy) is 7. The van der Waals surface area contributed by atoms with Crippen LogP contribution in [0.15, 0.2) is 60.7 Å². The highest BCUT2D eigenvalue weighted by atomic mass is 16.7. The molecular formula is C30H32O9. The number of hydrogen-bond acceptors (Lipinski definition) is 9. The summed E-state index contributed by atoms with van der Waals surface area (Å²) in [5.74, 6) is -0.231. The second-order valence-electron chi connectivity index (χ2n) is 9.99. The Kier molecular flexibility index (Phi) is 7.48. The number of hydrogen-bond donors (Lipinski definition) is 0. The van der Waals surface area contributed by atoms with Crippen LogP contribution in [0.4, 0.5) is 0 Å². The molecule has 0 amide bonds. The van der Waals surface area contributed by atoms with Gasteiger partial charge in [0.2, 0.25) is 0 Å².